The van der Waals surface area contributed by atoms with Crippen LogP contribution in [0, 0.1) is 0 Å². The lowest BCUT2D eigenvalue weighted by Gasteiger charge is -1.99. The number of amides is 2. The molecule has 4 N–H and O–H groups in total. The van der Waals surface area contributed by atoms with Gasteiger partial charge in [0.15, 0.2) is 11.4 Å². The Kier molecular flexibility index (Phi) is 9.45. The predicted octanol–water partition coefficient (Wildman–Crippen LogP) is 9.33. The highest BCUT2D eigenvalue weighted by Crippen LogP contribution is 2.41. The standard InChI is InChI=1S/C25H22Cl4N6O4/c26-12-8-14-20(16(28)10-12)30-24(38)22(14)34-32-18(36)6-4-2-1-3-5-7-19(37)33-35-23-15-9-13(27)11-17(29)21(15)31-25(23)39/h8-11,30-31,38-39H,1-7H2. The number of rotatable bonds is 10. The van der Waals surface area contributed by atoms with E-state index in [9.17, 15) is 19.8 Å². The molecule has 0 aliphatic heterocycles. The number of nitrogens with zero attached hydrogens (tertiary/aromatic N) is 4. The average molecular weight is 612 g/mol. The van der Waals surface area contributed by atoms with Crippen LogP contribution in [0.15, 0.2) is 44.7 Å². The molecule has 2 amide bonds. The lowest BCUT2D eigenvalue weighted by Crippen LogP contribution is -1.93. The Hall–Kier alpha value is -3.18. The predicted molar refractivity (Wildman–Crippen MR) is 151 cm³/mol. The Balaban J connectivity index is 1.17. The highest BCUT2D eigenvalue weighted by Gasteiger charge is 2.16. The number of nitrogens with one attached hydrogen (secondary N) is 2. The molecule has 0 atom stereocenters. The number of benzene rings is 2. The van der Waals surface area contributed by atoms with E-state index in [-0.39, 0.29) is 36.0 Å². The number of halogens is 4. The summed E-state index contributed by atoms with van der Waals surface area (Å²) >= 11 is 24.2. The molecule has 0 saturated heterocycles. The normalized spacial score (nSPS) is 12.0. The molecule has 4 aromatic rings. The number of hydrogen-bond acceptors (Lipinski definition) is 6. The van der Waals surface area contributed by atoms with Gasteiger partial charge in [0.25, 0.3) is 11.8 Å². The van der Waals surface area contributed by atoms with Crippen molar-refractivity contribution in [3.8, 4) is 11.8 Å². The number of unbranched alkanes of at least 4 members (excludes halogenated alkanes) is 4. The van der Waals surface area contributed by atoms with Crippen LogP contribution in [-0.4, -0.2) is 32.0 Å². The van der Waals surface area contributed by atoms with E-state index in [4.69, 9.17) is 46.4 Å². The summed E-state index contributed by atoms with van der Waals surface area (Å²) in [6.45, 7) is 0. The second-order valence-corrected chi connectivity index (χ2v) is 10.4. The molecule has 0 aliphatic rings. The third-order valence-corrected chi connectivity index (χ3v) is 6.89. The van der Waals surface area contributed by atoms with Gasteiger partial charge in [-0.2, -0.15) is 0 Å². The van der Waals surface area contributed by atoms with Crippen LogP contribution in [0.5, 0.6) is 11.8 Å². The van der Waals surface area contributed by atoms with Crippen LogP contribution in [0.1, 0.15) is 44.9 Å². The van der Waals surface area contributed by atoms with E-state index in [0.717, 1.165) is 19.3 Å². The van der Waals surface area contributed by atoms with Crippen molar-refractivity contribution in [3.05, 3.63) is 44.4 Å². The minimum atomic E-state index is -0.421. The van der Waals surface area contributed by atoms with Gasteiger partial charge in [-0.05, 0) is 37.1 Å². The fourth-order valence-corrected chi connectivity index (χ4v) is 5.06. The van der Waals surface area contributed by atoms with E-state index < -0.39 is 11.8 Å². The monoisotopic (exact) mass is 610 g/mol. The van der Waals surface area contributed by atoms with Gasteiger partial charge in [0.05, 0.1) is 21.1 Å². The molecule has 39 heavy (non-hydrogen) atoms. The molecule has 0 radical (unpaired) electrons. The zero-order valence-corrected chi connectivity index (χ0v) is 23.3. The van der Waals surface area contributed by atoms with Crippen molar-refractivity contribution in [2.75, 3.05) is 0 Å². The van der Waals surface area contributed by atoms with Crippen molar-refractivity contribution in [3.63, 3.8) is 0 Å². The minimum absolute atomic E-state index is 0.0945. The van der Waals surface area contributed by atoms with E-state index in [1.165, 1.54) is 12.1 Å². The molecule has 0 saturated carbocycles. The number of carbonyl (C=O) groups is 2. The van der Waals surface area contributed by atoms with Crippen LogP contribution in [0.3, 0.4) is 0 Å². The molecule has 0 aliphatic carbocycles. The molecule has 10 nitrogen and oxygen atoms in total. The molecule has 0 fully saturated rings. The molecule has 0 unspecified atom stereocenters. The lowest BCUT2D eigenvalue weighted by atomic mass is 10.1. The summed E-state index contributed by atoms with van der Waals surface area (Å²) < 4.78 is 0. The molecular formula is C25H22Cl4N6O4. The maximum atomic E-state index is 12.1. The van der Waals surface area contributed by atoms with Gasteiger partial charge in [0, 0.05) is 33.7 Å². The number of carbonyl (C=O) groups excluding carboxylic acids is 2. The van der Waals surface area contributed by atoms with Crippen molar-refractivity contribution in [2.45, 2.75) is 44.9 Å². The van der Waals surface area contributed by atoms with Gasteiger partial charge in [-0.25, -0.2) is 0 Å². The Morgan fingerprint density at radius 1 is 0.641 bits per heavy atom. The van der Waals surface area contributed by atoms with Crippen molar-refractivity contribution >= 4 is 91.4 Å². The van der Waals surface area contributed by atoms with Crippen LogP contribution in [-0.2, 0) is 9.59 Å². The molecule has 0 bridgehead atoms. The van der Waals surface area contributed by atoms with Gasteiger partial charge >= 0.3 is 0 Å². The fourth-order valence-electron chi connectivity index (χ4n) is 3.98. The molecular weight excluding hydrogens is 590 g/mol. The summed E-state index contributed by atoms with van der Waals surface area (Å²) in [6.07, 6.45) is 3.96. The Morgan fingerprint density at radius 3 is 1.44 bits per heavy atom. The number of aromatic amines is 2. The van der Waals surface area contributed by atoms with Gasteiger partial charge < -0.3 is 20.2 Å². The number of aromatic hydroxyl groups is 2. The quantitative estimate of drug-likeness (QED) is 0.104. The Labute approximate surface area is 242 Å². The highest BCUT2D eigenvalue weighted by atomic mass is 35.5. The van der Waals surface area contributed by atoms with E-state index >= 15 is 0 Å². The molecule has 2 aromatic heterocycles. The van der Waals surface area contributed by atoms with Crippen molar-refractivity contribution in [1.29, 1.82) is 0 Å². The summed E-state index contributed by atoms with van der Waals surface area (Å²) in [5, 5.41) is 37.6. The van der Waals surface area contributed by atoms with Crippen LogP contribution in [0.25, 0.3) is 21.8 Å². The maximum Gasteiger partial charge on any atom is 0.264 e. The molecule has 0 spiro atoms. The van der Waals surface area contributed by atoms with E-state index in [2.05, 4.69) is 30.4 Å². The molecule has 4 rings (SSSR count). The van der Waals surface area contributed by atoms with Crippen LogP contribution < -0.4 is 0 Å². The Morgan fingerprint density at radius 2 is 1.03 bits per heavy atom. The topological polar surface area (TPSA) is 156 Å². The van der Waals surface area contributed by atoms with E-state index in [1.54, 1.807) is 12.1 Å². The molecule has 14 heteroatoms. The van der Waals surface area contributed by atoms with Crippen LogP contribution in [0.4, 0.5) is 11.4 Å². The zero-order chi connectivity index (χ0) is 28.1. The fraction of sp³-hybridized carbons (Fsp3) is 0.280. The Bertz CT molecular complexity index is 1490. The summed E-state index contributed by atoms with van der Waals surface area (Å²) in [5.74, 6) is -1.36. The minimum Gasteiger partial charge on any atom is -0.493 e. The second-order valence-electron chi connectivity index (χ2n) is 8.72. The number of H-pyrrole nitrogens is 2. The van der Waals surface area contributed by atoms with Crippen molar-refractivity contribution < 1.29 is 19.8 Å². The number of aromatic nitrogens is 2. The zero-order valence-electron chi connectivity index (χ0n) is 20.3. The first-order valence-electron chi connectivity index (χ1n) is 11.9. The average Bonchev–Trinajstić information content (AvgIpc) is 3.36. The summed E-state index contributed by atoms with van der Waals surface area (Å²) in [6, 6.07) is 6.19. The van der Waals surface area contributed by atoms with Gasteiger partial charge in [-0.3, -0.25) is 9.59 Å². The second kappa shape index (κ2) is 12.8. The largest absolute Gasteiger partial charge is 0.493 e. The summed E-state index contributed by atoms with van der Waals surface area (Å²) in [5.41, 5.74) is 1.09. The molecule has 2 heterocycles. The van der Waals surface area contributed by atoms with Gasteiger partial charge in [-0.1, -0.05) is 65.7 Å². The SMILES string of the molecule is O=C(CCCCCCCC(=O)N=Nc1c(O)[nH]c2c(Cl)cc(Cl)cc12)N=Nc1c(O)[nH]c2c(Cl)cc(Cl)cc12. The maximum absolute atomic E-state index is 12.1. The molecule has 2 aromatic carbocycles. The number of azo groups is 2. The van der Waals surface area contributed by atoms with E-state index in [0.29, 0.717) is 54.7 Å². The third kappa shape index (κ3) is 7.07. The van der Waals surface area contributed by atoms with Gasteiger partial charge in [0.1, 0.15) is 0 Å². The molecule has 204 valence electrons. The van der Waals surface area contributed by atoms with Crippen LogP contribution in [0.2, 0.25) is 20.1 Å². The smallest absolute Gasteiger partial charge is 0.264 e. The first-order valence-corrected chi connectivity index (χ1v) is 13.4. The van der Waals surface area contributed by atoms with E-state index in [1.807, 2.05) is 0 Å². The lowest BCUT2D eigenvalue weighted by molar-refractivity contribution is -0.119. The van der Waals surface area contributed by atoms with Crippen molar-refractivity contribution in [2.24, 2.45) is 20.5 Å². The highest BCUT2D eigenvalue weighted by molar-refractivity contribution is 6.39. The summed E-state index contributed by atoms with van der Waals surface area (Å²) in [7, 11) is 0. The van der Waals surface area contributed by atoms with Crippen LogP contribution >= 0.6 is 46.4 Å². The number of fused-ring (bicyclic) bond motifs is 2. The summed E-state index contributed by atoms with van der Waals surface area (Å²) in [4.78, 5) is 29.6. The number of hydrogen-bond donors (Lipinski definition) is 4. The first-order chi connectivity index (χ1) is 18.6. The van der Waals surface area contributed by atoms with Gasteiger partial charge in [0.2, 0.25) is 11.8 Å². The van der Waals surface area contributed by atoms with Crippen molar-refractivity contribution in [1.82, 2.24) is 9.97 Å². The van der Waals surface area contributed by atoms with Gasteiger partial charge in [-0.15, -0.1) is 20.5 Å². The first kappa shape index (κ1) is 28.8. The third-order valence-electron chi connectivity index (χ3n) is 5.86.